The summed E-state index contributed by atoms with van der Waals surface area (Å²) >= 11 is 0. The summed E-state index contributed by atoms with van der Waals surface area (Å²) in [6.45, 7) is 1.46. The Kier molecular flexibility index (Phi) is 4.11. The number of benzene rings is 1. The predicted octanol–water partition coefficient (Wildman–Crippen LogP) is 0.958. The van der Waals surface area contributed by atoms with E-state index in [1.54, 1.807) is 17.0 Å². The SMILES string of the molecule is CNC1CCN(C(=O)Cc2cccc([N+](=O)[O-])c2)C1. The molecule has 1 aliphatic heterocycles. The fourth-order valence-electron chi connectivity index (χ4n) is 2.29. The van der Waals surface area contributed by atoms with Gasteiger partial charge in [-0.3, -0.25) is 14.9 Å². The number of nitrogens with zero attached hydrogens (tertiary/aromatic N) is 2. The average Bonchev–Trinajstić information content (AvgIpc) is 2.88. The molecule has 19 heavy (non-hydrogen) atoms. The van der Waals surface area contributed by atoms with Crippen LogP contribution in [0.25, 0.3) is 0 Å². The fraction of sp³-hybridized carbons (Fsp3) is 0.462. The number of likely N-dealkylation sites (tertiary alicyclic amines) is 1. The highest BCUT2D eigenvalue weighted by atomic mass is 16.6. The molecule has 1 aromatic carbocycles. The molecule has 1 aromatic rings. The lowest BCUT2D eigenvalue weighted by Crippen LogP contribution is -2.34. The van der Waals surface area contributed by atoms with Crippen molar-refractivity contribution in [1.29, 1.82) is 0 Å². The fourth-order valence-corrected chi connectivity index (χ4v) is 2.29. The van der Waals surface area contributed by atoms with Crippen LogP contribution in [-0.4, -0.2) is 41.9 Å². The third-order valence-electron chi connectivity index (χ3n) is 3.43. The van der Waals surface area contributed by atoms with Crippen molar-refractivity contribution >= 4 is 11.6 Å². The molecule has 1 saturated heterocycles. The second kappa shape index (κ2) is 5.79. The van der Waals surface area contributed by atoms with Crippen molar-refractivity contribution in [2.45, 2.75) is 18.9 Å². The molecule has 1 N–H and O–H groups in total. The Hall–Kier alpha value is -1.95. The number of hydrogen-bond acceptors (Lipinski definition) is 4. The van der Waals surface area contributed by atoms with Crippen LogP contribution in [0.5, 0.6) is 0 Å². The topological polar surface area (TPSA) is 75.5 Å². The largest absolute Gasteiger partial charge is 0.341 e. The molecule has 1 fully saturated rings. The molecule has 0 bridgehead atoms. The molecule has 1 heterocycles. The molecule has 0 saturated carbocycles. The quantitative estimate of drug-likeness (QED) is 0.648. The zero-order valence-corrected chi connectivity index (χ0v) is 10.8. The molecule has 0 spiro atoms. The van der Waals surface area contributed by atoms with Gasteiger partial charge in [-0.1, -0.05) is 12.1 Å². The van der Waals surface area contributed by atoms with E-state index < -0.39 is 4.92 Å². The van der Waals surface area contributed by atoms with Gasteiger partial charge < -0.3 is 10.2 Å². The van der Waals surface area contributed by atoms with Crippen molar-refractivity contribution in [3.8, 4) is 0 Å². The summed E-state index contributed by atoms with van der Waals surface area (Å²) in [7, 11) is 1.89. The maximum absolute atomic E-state index is 12.1. The van der Waals surface area contributed by atoms with E-state index in [-0.39, 0.29) is 18.0 Å². The normalized spacial score (nSPS) is 18.6. The smallest absolute Gasteiger partial charge is 0.269 e. The van der Waals surface area contributed by atoms with Crippen LogP contribution in [0.3, 0.4) is 0 Å². The van der Waals surface area contributed by atoms with E-state index in [4.69, 9.17) is 0 Å². The van der Waals surface area contributed by atoms with E-state index in [1.807, 2.05) is 7.05 Å². The lowest BCUT2D eigenvalue weighted by atomic mass is 10.1. The summed E-state index contributed by atoms with van der Waals surface area (Å²) in [5, 5.41) is 13.8. The van der Waals surface area contributed by atoms with Crippen molar-refractivity contribution in [2.24, 2.45) is 0 Å². The van der Waals surface area contributed by atoms with Crippen LogP contribution < -0.4 is 5.32 Å². The average molecular weight is 263 g/mol. The van der Waals surface area contributed by atoms with E-state index in [1.165, 1.54) is 12.1 Å². The van der Waals surface area contributed by atoms with Crippen LogP contribution in [0.15, 0.2) is 24.3 Å². The number of carbonyl (C=O) groups excluding carboxylic acids is 1. The summed E-state index contributed by atoms with van der Waals surface area (Å²) in [5.41, 5.74) is 0.715. The van der Waals surface area contributed by atoms with Crippen LogP contribution >= 0.6 is 0 Å². The lowest BCUT2D eigenvalue weighted by molar-refractivity contribution is -0.384. The maximum Gasteiger partial charge on any atom is 0.269 e. The molecule has 6 nitrogen and oxygen atoms in total. The van der Waals surface area contributed by atoms with Crippen molar-refractivity contribution in [3.63, 3.8) is 0 Å². The molecule has 0 aromatic heterocycles. The maximum atomic E-state index is 12.1. The molecule has 1 aliphatic rings. The van der Waals surface area contributed by atoms with Crippen LogP contribution in [0, 0.1) is 10.1 Å². The number of nitro benzene ring substituents is 1. The van der Waals surface area contributed by atoms with Gasteiger partial charge in [0.15, 0.2) is 0 Å². The second-order valence-electron chi connectivity index (χ2n) is 4.72. The minimum Gasteiger partial charge on any atom is -0.341 e. The number of amides is 1. The van der Waals surface area contributed by atoms with Gasteiger partial charge in [0.25, 0.3) is 5.69 Å². The van der Waals surface area contributed by atoms with Crippen LogP contribution in [0.2, 0.25) is 0 Å². The molecule has 102 valence electrons. The summed E-state index contributed by atoms with van der Waals surface area (Å²) in [6, 6.07) is 6.61. The van der Waals surface area contributed by atoms with Gasteiger partial charge in [0, 0.05) is 31.3 Å². The van der Waals surface area contributed by atoms with Crippen LogP contribution in [-0.2, 0) is 11.2 Å². The Morgan fingerprint density at radius 1 is 1.58 bits per heavy atom. The first kappa shape index (κ1) is 13.5. The predicted molar refractivity (Wildman–Crippen MR) is 70.8 cm³/mol. The minimum absolute atomic E-state index is 0.0262. The van der Waals surface area contributed by atoms with Gasteiger partial charge in [0.2, 0.25) is 5.91 Å². The van der Waals surface area contributed by atoms with Gasteiger partial charge in [0.1, 0.15) is 0 Å². The number of carbonyl (C=O) groups is 1. The summed E-state index contributed by atoms with van der Waals surface area (Å²) in [6.07, 6.45) is 1.18. The molecular formula is C13H17N3O3. The Labute approximate surface area is 111 Å². The number of likely N-dealkylation sites (N-methyl/N-ethyl adjacent to an activating group) is 1. The number of rotatable bonds is 4. The minimum atomic E-state index is -0.444. The molecule has 1 atom stereocenters. The highest BCUT2D eigenvalue weighted by Gasteiger charge is 2.25. The van der Waals surface area contributed by atoms with E-state index in [0.717, 1.165) is 13.0 Å². The molecule has 0 radical (unpaired) electrons. The second-order valence-corrected chi connectivity index (χ2v) is 4.72. The standard InChI is InChI=1S/C13H17N3O3/c1-14-11-5-6-15(9-11)13(17)8-10-3-2-4-12(7-10)16(18)19/h2-4,7,11,14H,5-6,8-9H2,1H3. The Morgan fingerprint density at radius 2 is 2.37 bits per heavy atom. The molecule has 0 aliphatic carbocycles. The van der Waals surface area contributed by atoms with Crippen molar-refractivity contribution in [3.05, 3.63) is 39.9 Å². The zero-order chi connectivity index (χ0) is 13.8. The summed E-state index contributed by atoms with van der Waals surface area (Å²) in [4.78, 5) is 24.1. The van der Waals surface area contributed by atoms with Crippen LogP contribution in [0.1, 0.15) is 12.0 Å². The van der Waals surface area contributed by atoms with E-state index in [0.29, 0.717) is 18.2 Å². The molecule has 1 amide bonds. The van der Waals surface area contributed by atoms with Crippen LogP contribution in [0.4, 0.5) is 5.69 Å². The number of nitro groups is 1. The van der Waals surface area contributed by atoms with E-state index >= 15 is 0 Å². The molecular weight excluding hydrogens is 246 g/mol. The van der Waals surface area contributed by atoms with Crippen molar-refractivity contribution < 1.29 is 9.72 Å². The summed E-state index contributed by atoms with van der Waals surface area (Å²) < 4.78 is 0. The highest BCUT2D eigenvalue weighted by Crippen LogP contribution is 2.16. The molecule has 1 unspecified atom stereocenters. The zero-order valence-electron chi connectivity index (χ0n) is 10.8. The summed E-state index contributed by atoms with van der Waals surface area (Å²) in [5.74, 6) is 0.0262. The van der Waals surface area contributed by atoms with Gasteiger partial charge >= 0.3 is 0 Å². The third-order valence-corrected chi connectivity index (χ3v) is 3.43. The number of non-ortho nitro benzene ring substituents is 1. The lowest BCUT2D eigenvalue weighted by Gasteiger charge is -2.16. The third kappa shape index (κ3) is 3.29. The van der Waals surface area contributed by atoms with Crippen molar-refractivity contribution in [1.82, 2.24) is 10.2 Å². The number of hydrogen-bond donors (Lipinski definition) is 1. The molecule has 6 heteroatoms. The first-order valence-corrected chi connectivity index (χ1v) is 6.28. The van der Waals surface area contributed by atoms with E-state index in [2.05, 4.69) is 5.32 Å². The highest BCUT2D eigenvalue weighted by molar-refractivity contribution is 5.79. The van der Waals surface area contributed by atoms with Gasteiger partial charge in [-0.2, -0.15) is 0 Å². The Bertz CT molecular complexity index is 490. The van der Waals surface area contributed by atoms with Gasteiger partial charge in [0.05, 0.1) is 11.3 Å². The van der Waals surface area contributed by atoms with Gasteiger partial charge in [-0.25, -0.2) is 0 Å². The van der Waals surface area contributed by atoms with Gasteiger partial charge in [-0.15, -0.1) is 0 Å². The van der Waals surface area contributed by atoms with Crippen molar-refractivity contribution in [2.75, 3.05) is 20.1 Å². The van der Waals surface area contributed by atoms with E-state index in [9.17, 15) is 14.9 Å². The first-order chi connectivity index (χ1) is 9.10. The first-order valence-electron chi connectivity index (χ1n) is 6.28. The van der Waals surface area contributed by atoms with Gasteiger partial charge in [-0.05, 0) is 19.0 Å². The Morgan fingerprint density at radius 3 is 3.00 bits per heavy atom. The number of nitrogens with one attached hydrogen (secondary N) is 1. The molecule has 2 rings (SSSR count). The monoisotopic (exact) mass is 263 g/mol. The Balaban J connectivity index is 1.99.